The number of aromatic nitrogens is 1. The number of benzene rings is 1. The van der Waals surface area contributed by atoms with Gasteiger partial charge in [0.15, 0.2) is 0 Å². The summed E-state index contributed by atoms with van der Waals surface area (Å²) in [6, 6.07) is 7.37. The number of fused-ring (bicyclic) bond motifs is 1. The van der Waals surface area contributed by atoms with E-state index in [-0.39, 0.29) is 23.8 Å². The molecule has 2 N–H and O–H groups in total. The van der Waals surface area contributed by atoms with Crippen LogP contribution in [0.5, 0.6) is 0 Å². The van der Waals surface area contributed by atoms with Crippen LogP contribution in [-0.4, -0.2) is 30.0 Å². The van der Waals surface area contributed by atoms with Crippen LogP contribution in [0.2, 0.25) is 5.02 Å². The molecular formula is C17H19ClN2O3. The molecule has 1 aromatic carbocycles. The van der Waals surface area contributed by atoms with E-state index in [2.05, 4.69) is 10.3 Å². The smallest absolute Gasteiger partial charge is 0.308 e. The van der Waals surface area contributed by atoms with Gasteiger partial charge in [-0.05, 0) is 49.9 Å². The number of carbonyl (C=O) groups excluding carboxylic acids is 2. The average Bonchev–Trinajstić information content (AvgIpc) is 2.98. The lowest BCUT2D eigenvalue weighted by Crippen LogP contribution is -2.39. The largest absolute Gasteiger partial charge is 0.469 e. The SMILES string of the molecule is COC(=O)[C@H]1CC[C@@H](NC(=O)c2cc3cc(Cl)ccc3[nH]2)CC1. The quantitative estimate of drug-likeness (QED) is 0.846. The summed E-state index contributed by atoms with van der Waals surface area (Å²) in [6.07, 6.45) is 3.08. The van der Waals surface area contributed by atoms with E-state index in [9.17, 15) is 9.59 Å². The molecule has 3 rings (SSSR count). The second kappa shape index (κ2) is 6.62. The summed E-state index contributed by atoms with van der Waals surface area (Å²) in [7, 11) is 1.42. The molecule has 1 aromatic heterocycles. The van der Waals surface area contributed by atoms with Gasteiger partial charge in [-0.15, -0.1) is 0 Å². The molecule has 5 nitrogen and oxygen atoms in total. The fraction of sp³-hybridized carbons (Fsp3) is 0.412. The number of hydrogen-bond acceptors (Lipinski definition) is 3. The van der Waals surface area contributed by atoms with E-state index in [1.807, 2.05) is 12.1 Å². The number of nitrogens with one attached hydrogen (secondary N) is 2. The zero-order chi connectivity index (χ0) is 16.4. The Morgan fingerprint density at radius 3 is 2.65 bits per heavy atom. The van der Waals surface area contributed by atoms with Crippen LogP contribution in [0.4, 0.5) is 0 Å². The third-order valence-corrected chi connectivity index (χ3v) is 4.66. The van der Waals surface area contributed by atoms with Crippen molar-refractivity contribution in [1.29, 1.82) is 0 Å². The highest BCUT2D eigenvalue weighted by atomic mass is 35.5. The average molecular weight is 335 g/mol. The zero-order valence-electron chi connectivity index (χ0n) is 12.9. The first-order valence-corrected chi connectivity index (χ1v) is 8.11. The summed E-state index contributed by atoms with van der Waals surface area (Å²) in [5.41, 5.74) is 1.41. The molecule has 0 bridgehead atoms. The fourth-order valence-electron chi connectivity index (χ4n) is 3.13. The van der Waals surface area contributed by atoms with Gasteiger partial charge in [-0.3, -0.25) is 9.59 Å². The van der Waals surface area contributed by atoms with E-state index in [0.717, 1.165) is 36.6 Å². The van der Waals surface area contributed by atoms with Gasteiger partial charge in [0.2, 0.25) is 0 Å². The van der Waals surface area contributed by atoms with Crippen molar-refractivity contribution in [2.24, 2.45) is 5.92 Å². The Balaban J connectivity index is 1.62. The van der Waals surface area contributed by atoms with Crippen molar-refractivity contribution >= 4 is 34.4 Å². The van der Waals surface area contributed by atoms with Crippen molar-refractivity contribution in [3.05, 3.63) is 35.0 Å². The maximum atomic E-state index is 12.4. The predicted octanol–water partition coefficient (Wildman–Crippen LogP) is 3.28. The van der Waals surface area contributed by atoms with Gasteiger partial charge in [0, 0.05) is 22.0 Å². The van der Waals surface area contributed by atoms with Gasteiger partial charge in [-0.1, -0.05) is 11.6 Å². The molecule has 0 atom stereocenters. The van der Waals surface area contributed by atoms with Crippen LogP contribution in [0.25, 0.3) is 10.9 Å². The Bertz CT molecular complexity index is 733. The van der Waals surface area contributed by atoms with Gasteiger partial charge in [0.05, 0.1) is 13.0 Å². The molecule has 122 valence electrons. The molecular weight excluding hydrogens is 316 g/mol. The number of esters is 1. The minimum absolute atomic E-state index is 0.0385. The van der Waals surface area contributed by atoms with Gasteiger partial charge in [-0.2, -0.15) is 0 Å². The summed E-state index contributed by atoms with van der Waals surface area (Å²) < 4.78 is 4.78. The number of halogens is 1. The first kappa shape index (κ1) is 15.9. The maximum absolute atomic E-state index is 12.4. The number of ether oxygens (including phenoxy) is 1. The first-order chi connectivity index (χ1) is 11.1. The minimum atomic E-state index is -0.151. The molecule has 0 unspecified atom stereocenters. The van der Waals surface area contributed by atoms with Gasteiger partial charge < -0.3 is 15.0 Å². The van der Waals surface area contributed by atoms with Crippen molar-refractivity contribution in [1.82, 2.24) is 10.3 Å². The van der Waals surface area contributed by atoms with Crippen LogP contribution in [-0.2, 0) is 9.53 Å². The van der Waals surface area contributed by atoms with E-state index in [1.165, 1.54) is 7.11 Å². The number of H-pyrrole nitrogens is 1. The maximum Gasteiger partial charge on any atom is 0.308 e. The fourth-order valence-corrected chi connectivity index (χ4v) is 3.31. The zero-order valence-corrected chi connectivity index (χ0v) is 13.7. The lowest BCUT2D eigenvalue weighted by atomic mass is 9.86. The van der Waals surface area contributed by atoms with Crippen molar-refractivity contribution in [3.63, 3.8) is 0 Å². The Hall–Kier alpha value is -2.01. The third kappa shape index (κ3) is 3.50. The van der Waals surface area contributed by atoms with Gasteiger partial charge in [0.25, 0.3) is 5.91 Å². The monoisotopic (exact) mass is 334 g/mol. The molecule has 2 aromatic rings. The Labute approximate surface area is 139 Å². The summed E-state index contributed by atoms with van der Waals surface area (Å²) in [5.74, 6) is -0.315. The molecule has 1 fully saturated rings. The summed E-state index contributed by atoms with van der Waals surface area (Å²) >= 11 is 5.96. The van der Waals surface area contributed by atoms with Gasteiger partial charge in [0.1, 0.15) is 5.69 Å². The van der Waals surface area contributed by atoms with Crippen LogP contribution in [0.3, 0.4) is 0 Å². The molecule has 1 amide bonds. The Morgan fingerprint density at radius 2 is 1.96 bits per heavy atom. The molecule has 6 heteroatoms. The van der Waals surface area contributed by atoms with Crippen LogP contribution in [0.15, 0.2) is 24.3 Å². The number of rotatable bonds is 3. The van der Waals surface area contributed by atoms with E-state index in [0.29, 0.717) is 10.7 Å². The number of amides is 1. The number of hydrogen-bond donors (Lipinski definition) is 2. The summed E-state index contributed by atoms with van der Waals surface area (Å²) in [4.78, 5) is 27.0. The van der Waals surface area contributed by atoms with Crippen LogP contribution in [0, 0.1) is 5.92 Å². The molecule has 1 aliphatic carbocycles. The summed E-state index contributed by atoms with van der Waals surface area (Å²) in [5, 5.41) is 4.59. The van der Waals surface area contributed by atoms with Gasteiger partial charge in [-0.25, -0.2) is 0 Å². The standard InChI is InChI=1S/C17H19ClN2O3/c1-23-17(22)10-2-5-13(6-3-10)19-16(21)15-9-11-8-12(18)4-7-14(11)20-15/h4,7-10,13,20H,2-3,5-6H2,1H3,(H,19,21)/t10-,13+. The molecule has 0 spiro atoms. The molecule has 1 heterocycles. The number of aromatic amines is 1. The molecule has 0 aliphatic heterocycles. The predicted molar refractivity (Wildman–Crippen MR) is 88.5 cm³/mol. The van der Waals surface area contributed by atoms with E-state index < -0.39 is 0 Å². The van der Waals surface area contributed by atoms with E-state index in [4.69, 9.17) is 16.3 Å². The van der Waals surface area contributed by atoms with Crippen molar-refractivity contribution in [3.8, 4) is 0 Å². The van der Waals surface area contributed by atoms with Gasteiger partial charge >= 0.3 is 5.97 Å². The molecule has 1 saturated carbocycles. The minimum Gasteiger partial charge on any atom is -0.469 e. The normalized spacial score (nSPS) is 21.1. The Kier molecular flexibility index (Phi) is 4.57. The summed E-state index contributed by atoms with van der Waals surface area (Å²) in [6.45, 7) is 0. The number of carbonyl (C=O) groups is 2. The molecule has 0 radical (unpaired) electrons. The van der Waals surface area contributed by atoms with Crippen molar-refractivity contribution in [2.75, 3.05) is 7.11 Å². The second-order valence-corrected chi connectivity index (χ2v) is 6.40. The first-order valence-electron chi connectivity index (χ1n) is 7.74. The van der Waals surface area contributed by atoms with Crippen LogP contribution in [0.1, 0.15) is 36.2 Å². The van der Waals surface area contributed by atoms with E-state index >= 15 is 0 Å². The molecule has 0 saturated heterocycles. The van der Waals surface area contributed by atoms with Crippen LogP contribution < -0.4 is 5.32 Å². The topological polar surface area (TPSA) is 71.2 Å². The second-order valence-electron chi connectivity index (χ2n) is 5.96. The Morgan fingerprint density at radius 1 is 1.22 bits per heavy atom. The highest BCUT2D eigenvalue weighted by Gasteiger charge is 2.28. The highest BCUT2D eigenvalue weighted by Crippen LogP contribution is 2.26. The number of methoxy groups -OCH3 is 1. The lowest BCUT2D eigenvalue weighted by Gasteiger charge is -2.27. The molecule has 1 aliphatic rings. The highest BCUT2D eigenvalue weighted by molar-refractivity contribution is 6.31. The third-order valence-electron chi connectivity index (χ3n) is 4.42. The lowest BCUT2D eigenvalue weighted by molar-refractivity contribution is -0.146. The van der Waals surface area contributed by atoms with Crippen molar-refractivity contribution < 1.29 is 14.3 Å². The molecule has 23 heavy (non-hydrogen) atoms. The van der Waals surface area contributed by atoms with Crippen molar-refractivity contribution in [2.45, 2.75) is 31.7 Å². The van der Waals surface area contributed by atoms with E-state index in [1.54, 1.807) is 12.1 Å². The van der Waals surface area contributed by atoms with Crippen LogP contribution >= 0.6 is 11.6 Å².